The van der Waals surface area contributed by atoms with E-state index in [9.17, 15) is 12.8 Å². The highest BCUT2D eigenvalue weighted by Crippen LogP contribution is 2.30. The van der Waals surface area contributed by atoms with Crippen LogP contribution in [0.1, 0.15) is 0 Å². The molecule has 1 aromatic carbocycles. The molecule has 0 fully saturated rings. The van der Waals surface area contributed by atoms with Gasteiger partial charge in [0.2, 0.25) is 10.0 Å². The van der Waals surface area contributed by atoms with Gasteiger partial charge >= 0.3 is 0 Å². The molecule has 0 saturated heterocycles. The van der Waals surface area contributed by atoms with E-state index in [1.807, 2.05) is 0 Å². The Bertz CT molecular complexity index is 460. The molecule has 0 aliphatic heterocycles. The van der Waals surface area contributed by atoms with Crippen molar-refractivity contribution in [3.8, 4) is 5.75 Å². The van der Waals surface area contributed by atoms with Gasteiger partial charge in [-0.3, -0.25) is 0 Å². The normalized spacial score (nSPS) is 11.4. The molecule has 0 atom stereocenters. The molecule has 1 aromatic rings. The summed E-state index contributed by atoms with van der Waals surface area (Å²) in [5.41, 5.74) is 0. The maximum absolute atomic E-state index is 13.3. The maximum atomic E-state index is 13.3. The van der Waals surface area contributed by atoms with Crippen molar-refractivity contribution in [2.75, 3.05) is 7.11 Å². The molecule has 0 aromatic heterocycles. The molecule has 0 spiro atoms. The molecular weight excluding hydrogens is 277 g/mol. The smallest absolute Gasteiger partial charge is 0.241 e. The van der Waals surface area contributed by atoms with Crippen LogP contribution in [-0.4, -0.2) is 15.5 Å². The second-order valence-corrected chi connectivity index (χ2v) is 4.82. The minimum Gasteiger partial charge on any atom is -0.492 e. The third-order valence-corrected chi connectivity index (χ3v) is 3.07. The van der Waals surface area contributed by atoms with Crippen LogP contribution in [0.4, 0.5) is 4.39 Å². The number of halogens is 2. The van der Waals surface area contributed by atoms with Gasteiger partial charge in [0.05, 0.1) is 11.6 Å². The fraction of sp³-hybridized carbons (Fsp3) is 0.143. The number of rotatable bonds is 2. The Labute approximate surface area is 89.0 Å². The highest BCUT2D eigenvalue weighted by Gasteiger charge is 2.20. The van der Waals surface area contributed by atoms with E-state index >= 15 is 0 Å². The predicted octanol–water partition coefficient (Wildman–Crippen LogP) is 1.24. The summed E-state index contributed by atoms with van der Waals surface area (Å²) in [6, 6.07) is 2.42. The topological polar surface area (TPSA) is 69.4 Å². The zero-order valence-electron chi connectivity index (χ0n) is 7.12. The van der Waals surface area contributed by atoms with Crippen molar-refractivity contribution in [3.63, 3.8) is 0 Å². The van der Waals surface area contributed by atoms with Crippen molar-refractivity contribution < 1.29 is 17.5 Å². The number of methoxy groups -OCH3 is 1. The molecule has 2 N–H and O–H groups in total. The molecule has 4 nitrogen and oxygen atoms in total. The zero-order chi connectivity index (χ0) is 10.9. The number of nitrogens with two attached hydrogens (primary N) is 1. The van der Waals surface area contributed by atoms with Gasteiger partial charge in [-0.15, -0.1) is 0 Å². The Kier molecular flexibility index (Phi) is 3.13. The lowest BCUT2D eigenvalue weighted by atomic mass is 10.3. The lowest BCUT2D eigenvalue weighted by Crippen LogP contribution is -2.14. The first kappa shape index (κ1) is 11.4. The van der Waals surface area contributed by atoms with Crippen LogP contribution in [0.15, 0.2) is 21.5 Å². The Hall–Kier alpha value is -0.660. The number of hydrogen-bond acceptors (Lipinski definition) is 3. The van der Waals surface area contributed by atoms with Gasteiger partial charge in [0.1, 0.15) is 4.90 Å². The molecule has 0 heterocycles. The van der Waals surface area contributed by atoms with Gasteiger partial charge in [-0.2, -0.15) is 0 Å². The number of sulfonamides is 1. The molecule has 0 radical (unpaired) electrons. The van der Waals surface area contributed by atoms with E-state index in [1.54, 1.807) is 0 Å². The van der Waals surface area contributed by atoms with Crippen molar-refractivity contribution in [2.24, 2.45) is 5.14 Å². The summed E-state index contributed by atoms with van der Waals surface area (Å²) in [5, 5.41) is 4.86. The van der Waals surface area contributed by atoms with Crippen molar-refractivity contribution in [3.05, 3.63) is 22.4 Å². The molecule has 14 heavy (non-hydrogen) atoms. The van der Waals surface area contributed by atoms with Gasteiger partial charge in [-0.25, -0.2) is 17.9 Å². The van der Waals surface area contributed by atoms with Crippen LogP contribution in [0, 0.1) is 5.82 Å². The number of ether oxygens (including phenoxy) is 1. The SMILES string of the molecule is COc1c(S(N)(=O)=O)ccc(Br)c1F. The fourth-order valence-electron chi connectivity index (χ4n) is 0.929. The molecule has 78 valence electrons. The Balaban J connectivity index is 3.55. The van der Waals surface area contributed by atoms with Gasteiger partial charge in [-0.05, 0) is 28.1 Å². The first-order valence-corrected chi connectivity index (χ1v) is 5.76. The first-order chi connectivity index (χ1) is 6.38. The number of benzene rings is 1. The van der Waals surface area contributed by atoms with Crippen LogP contribution in [0.2, 0.25) is 0 Å². The molecule has 0 amide bonds. The summed E-state index contributed by atoms with van der Waals surface area (Å²) in [7, 11) is -2.80. The lowest BCUT2D eigenvalue weighted by molar-refractivity contribution is 0.373. The Morgan fingerprint density at radius 1 is 1.50 bits per heavy atom. The monoisotopic (exact) mass is 283 g/mol. The van der Waals surface area contributed by atoms with E-state index in [4.69, 9.17) is 5.14 Å². The molecule has 1 rings (SSSR count). The number of hydrogen-bond donors (Lipinski definition) is 1. The van der Waals surface area contributed by atoms with E-state index in [-0.39, 0.29) is 15.1 Å². The van der Waals surface area contributed by atoms with Gasteiger partial charge in [0.15, 0.2) is 11.6 Å². The third kappa shape index (κ3) is 2.05. The van der Waals surface area contributed by atoms with Crippen LogP contribution in [0.3, 0.4) is 0 Å². The van der Waals surface area contributed by atoms with Crippen molar-refractivity contribution >= 4 is 26.0 Å². The Morgan fingerprint density at radius 2 is 2.07 bits per heavy atom. The average Bonchev–Trinajstić information content (AvgIpc) is 2.07. The van der Waals surface area contributed by atoms with Gasteiger partial charge in [-0.1, -0.05) is 0 Å². The third-order valence-electron chi connectivity index (χ3n) is 1.52. The van der Waals surface area contributed by atoms with Crippen LogP contribution >= 0.6 is 15.9 Å². The minimum atomic E-state index is -3.97. The largest absolute Gasteiger partial charge is 0.492 e. The predicted molar refractivity (Wildman–Crippen MR) is 52.0 cm³/mol. The molecule has 0 unspecified atom stereocenters. The van der Waals surface area contributed by atoms with Crippen molar-refractivity contribution in [1.29, 1.82) is 0 Å². The van der Waals surface area contributed by atoms with Crippen molar-refractivity contribution in [2.45, 2.75) is 4.90 Å². The van der Waals surface area contributed by atoms with E-state index in [2.05, 4.69) is 20.7 Å². The highest BCUT2D eigenvalue weighted by atomic mass is 79.9. The molecule has 0 bridgehead atoms. The quantitative estimate of drug-likeness (QED) is 0.888. The molecule has 0 aliphatic rings. The summed E-state index contributed by atoms with van der Waals surface area (Å²) >= 11 is 2.90. The van der Waals surface area contributed by atoms with E-state index in [0.717, 1.165) is 0 Å². The van der Waals surface area contributed by atoms with Crippen LogP contribution < -0.4 is 9.88 Å². The average molecular weight is 284 g/mol. The second kappa shape index (κ2) is 3.84. The van der Waals surface area contributed by atoms with Crippen molar-refractivity contribution in [1.82, 2.24) is 0 Å². The minimum absolute atomic E-state index is 0.113. The van der Waals surface area contributed by atoms with E-state index < -0.39 is 15.8 Å². The summed E-state index contributed by atoms with van der Waals surface area (Å²) in [6.07, 6.45) is 0. The Morgan fingerprint density at radius 3 is 2.50 bits per heavy atom. The highest BCUT2D eigenvalue weighted by molar-refractivity contribution is 9.10. The summed E-state index contributed by atoms with van der Waals surface area (Å²) in [5.74, 6) is -1.18. The zero-order valence-corrected chi connectivity index (χ0v) is 9.52. The second-order valence-electron chi connectivity index (χ2n) is 2.44. The summed E-state index contributed by atoms with van der Waals surface area (Å²) in [4.78, 5) is -0.374. The lowest BCUT2D eigenvalue weighted by Gasteiger charge is -2.08. The van der Waals surface area contributed by atoms with E-state index in [1.165, 1.54) is 19.2 Å². The fourth-order valence-corrected chi connectivity index (χ4v) is 1.93. The first-order valence-electron chi connectivity index (χ1n) is 3.42. The van der Waals surface area contributed by atoms with Gasteiger partial charge in [0.25, 0.3) is 0 Å². The number of primary sulfonamides is 1. The summed E-state index contributed by atoms with van der Waals surface area (Å²) < 4.78 is 40.0. The maximum Gasteiger partial charge on any atom is 0.241 e. The van der Waals surface area contributed by atoms with E-state index in [0.29, 0.717) is 0 Å². The standard InChI is InChI=1S/C7H7BrFNO3S/c1-13-7-5(14(10,11)12)3-2-4(8)6(7)9/h2-3H,1H3,(H2,10,11,12). The van der Waals surface area contributed by atoms with Gasteiger partial charge in [0, 0.05) is 0 Å². The molecule has 0 aliphatic carbocycles. The molecular formula is C7H7BrFNO3S. The van der Waals surface area contributed by atoms with Gasteiger partial charge < -0.3 is 4.74 Å². The van der Waals surface area contributed by atoms with Crippen LogP contribution in [-0.2, 0) is 10.0 Å². The summed E-state index contributed by atoms with van der Waals surface area (Å²) in [6.45, 7) is 0. The van der Waals surface area contributed by atoms with Crippen LogP contribution in [0.25, 0.3) is 0 Å². The molecule has 7 heteroatoms. The van der Waals surface area contributed by atoms with Crippen LogP contribution in [0.5, 0.6) is 5.75 Å². The molecule has 0 saturated carbocycles.